The fourth-order valence-electron chi connectivity index (χ4n) is 2.74. The van der Waals surface area contributed by atoms with Gasteiger partial charge in [0, 0.05) is 38.1 Å². The minimum Gasteiger partial charge on any atom is -0.490 e. The van der Waals surface area contributed by atoms with Gasteiger partial charge in [-0.25, -0.2) is 4.57 Å². The molecular weight excluding hydrogens is 356 g/mol. The van der Waals surface area contributed by atoms with Crippen molar-refractivity contribution in [2.24, 2.45) is 5.73 Å². The highest BCUT2D eigenvalue weighted by Gasteiger charge is 2.08. The van der Waals surface area contributed by atoms with Crippen molar-refractivity contribution in [3.63, 3.8) is 0 Å². The Kier molecular flexibility index (Phi) is 7.04. The van der Waals surface area contributed by atoms with E-state index in [1.165, 1.54) is 5.56 Å². The number of rotatable bonds is 8. The lowest BCUT2D eigenvalue weighted by atomic mass is 10.1. The molecular formula is C21H27N4OS+. The molecule has 3 rings (SSSR count). The molecule has 142 valence electrons. The highest BCUT2D eigenvalue weighted by Crippen LogP contribution is 2.28. The highest BCUT2D eigenvalue weighted by atomic mass is 32.2. The Hall–Kier alpha value is -2.60. The number of hydrogen-bond donors (Lipinski definition) is 2. The molecule has 3 N–H and O–H groups in total. The molecule has 0 aliphatic carbocycles. The smallest absolute Gasteiger partial charge is 0.169 e. The van der Waals surface area contributed by atoms with Gasteiger partial charge < -0.3 is 20.7 Å². The minimum atomic E-state index is 0.719. The molecule has 0 radical (unpaired) electrons. The molecule has 0 unspecified atom stereocenters. The number of aromatic nitrogens is 1. The summed E-state index contributed by atoms with van der Waals surface area (Å²) in [6.07, 6.45) is 12.0. The van der Waals surface area contributed by atoms with Crippen molar-refractivity contribution in [2.45, 2.75) is 6.54 Å². The van der Waals surface area contributed by atoms with Crippen LogP contribution in [-0.2, 0) is 6.54 Å². The van der Waals surface area contributed by atoms with Gasteiger partial charge in [0.05, 0.1) is 17.3 Å². The molecule has 0 fully saturated rings. The van der Waals surface area contributed by atoms with Gasteiger partial charge in [0.15, 0.2) is 18.9 Å². The zero-order valence-corrected chi connectivity index (χ0v) is 16.5. The Balaban J connectivity index is 1.49. The Morgan fingerprint density at radius 3 is 2.85 bits per heavy atom. The Morgan fingerprint density at radius 2 is 2.04 bits per heavy atom. The predicted molar refractivity (Wildman–Crippen MR) is 114 cm³/mol. The zero-order valence-electron chi connectivity index (χ0n) is 15.7. The summed E-state index contributed by atoms with van der Waals surface area (Å²) < 4.78 is 7.90. The molecule has 1 aromatic carbocycles. The van der Waals surface area contributed by atoms with E-state index in [0.29, 0.717) is 0 Å². The second-order valence-corrected chi connectivity index (χ2v) is 7.44. The average Bonchev–Trinajstić information content (AvgIpc) is 2.70. The van der Waals surface area contributed by atoms with Crippen molar-refractivity contribution >= 4 is 29.6 Å². The first-order valence-electron chi connectivity index (χ1n) is 9.09. The minimum absolute atomic E-state index is 0.719. The molecule has 27 heavy (non-hydrogen) atoms. The van der Waals surface area contributed by atoms with Crippen LogP contribution in [0.1, 0.15) is 11.1 Å². The van der Waals surface area contributed by atoms with Crippen molar-refractivity contribution in [1.29, 1.82) is 0 Å². The third-order valence-electron chi connectivity index (χ3n) is 4.20. The van der Waals surface area contributed by atoms with E-state index in [0.717, 1.165) is 48.3 Å². The summed E-state index contributed by atoms with van der Waals surface area (Å²) in [7, 11) is 2.02. The van der Waals surface area contributed by atoms with Crippen LogP contribution in [0.15, 0.2) is 55.1 Å². The van der Waals surface area contributed by atoms with E-state index in [1.54, 1.807) is 6.20 Å². The third-order valence-corrected chi connectivity index (χ3v) is 5.26. The molecule has 6 heteroatoms. The first kappa shape index (κ1) is 19.2. The van der Waals surface area contributed by atoms with Gasteiger partial charge in [-0.15, -0.1) is 11.8 Å². The highest BCUT2D eigenvalue weighted by molar-refractivity contribution is 7.99. The standard InChI is InChI=1S/C21H26N4OS/c1-24(12-8-22)17-27-15-13-25-10-6-18(7-11-25)2-3-19-4-5-20-21(16-19)26-14-9-23-20/h2-8,10-12,16H,9,13-15,17,22H2,1H3/p+1/b12-8-. The number of hydrogen-bond acceptors (Lipinski definition) is 5. The number of benzene rings is 1. The summed E-state index contributed by atoms with van der Waals surface area (Å²) in [6, 6.07) is 10.5. The molecule has 1 aromatic heterocycles. The van der Waals surface area contributed by atoms with Crippen molar-refractivity contribution in [1.82, 2.24) is 4.90 Å². The first-order valence-corrected chi connectivity index (χ1v) is 10.2. The fourth-order valence-corrected chi connectivity index (χ4v) is 3.59. The van der Waals surface area contributed by atoms with E-state index < -0.39 is 0 Å². The molecule has 1 aliphatic heterocycles. The lowest BCUT2D eigenvalue weighted by Crippen LogP contribution is -2.34. The second kappa shape index (κ2) is 9.92. The molecule has 0 spiro atoms. The summed E-state index contributed by atoms with van der Waals surface area (Å²) >= 11 is 1.89. The quantitative estimate of drug-likeness (QED) is 0.417. The number of fused-ring (bicyclic) bond motifs is 1. The van der Waals surface area contributed by atoms with Crippen LogP contribution in [0.3, 0.4) is 0 Å². The first-order chi connectivity index (χ1) is 13.2. The molecule has 0 atom stereocenters. The number of nitrogens with one attached hydrogen (secondary N) is 1. The van der Waals surface area contributed by atoms with Gasteiger partial charge in [-0.3, -0.25) is 0 Å². The van der Waals surface area contributed by atoms with E-state index in [1.807, 2.05) is 25.0 Å². The maximum absolute atomic E-state index is 5.69. The number of ether oxygens (including phenoxy) is 1. The Morgan fingerprint density at radius 1 is 1.22 bits per heavy atom. The number of thioether (sulfide) groups is 1. The van der Waals surface area contributed by atoms with E-state index in [4.69, 9.17) is 10.5 Å². The molecule has 2 heterocycles. The predicted octanol–water partition coefficient (Wildman–Crippen LogP) is 3.00. The van der Waals surface area contributed by atoms with Gasteiger partial charge in [-0.2, -0.15) is 0 Å². The van der Waals surface area contributed by atoms with Gasteiger partial charge >= 0.3 is 0 Å². The number of nitrogens with zero attached hydrogens (tertiary/aromatic N) is 2. The fraction of sp³-hybridized carbons (Fsp3) is 0.286. The van der Waals surface area contributed by atoms with Gasteiger partial charge in [-0.1, -0.05) is 18.2 Å². The van der Waals surface area contributed by atoms with Crippen molar-refractivity contribution in [3.05, 3.63) is 66.3 Å². The lowest BCUT2D eigenvalue weighted by molar-refractivity contribution is -0.692. The number of pyridine rings is 1. The van der Waals surface area contributed by atoms with Gasteiger partial charge in [0.25, 0.3) is 0 Å². The van der Waals surface area contributed by atoms with Crippen LogP contribution in [0.2, 0.25) is 0 Å². The molecule has 2 aromatic rings. The normalized spacial score (nSPS) is 13.4. The van der Waals surface area contributed by atoms with Crippen molar-refractivity contribution in [2.75, 3.05) is 37.1 Å². The van der Waals surface area contributed by atoms with Gasteiger partial charge in [0.2, 0.25) is 0 Å². The van der Waals surface area contributed by atoms with E-state index in [9.17, 15) is 0 Å². The monoisotopic (exact) mass is 383 g/mol. The molecule has 0 amide bonds. The van der Waals surface area contributed by atoms with Crippen LogP contribution in [-0.4, -0.2) is 36.7 Å². The van der Waals surface area contributed by atoms with E-state index >= 15 is 0 Å². The van der Waals surface area contributed by atoms with Crippen LogP contribution >= 0.6 is 11.8 Å². The summed E-state index contributed by atoms with van der Waals surface area (Å²) in [6.45, 7) is 2.58. The summed E-state index contributed by atoms with van der Waals surface area (Å²) in [5, 5.41) is 3.34. The SMILES string of the molecule is CN(/C=C\N)CSCC[n+]1ccc(/C=C/c2ccc3c(c2)OCCN3)cc1. The maximum atomic E-state index is 5.69. The van der Waals surface area contributed by atoms with E-state index in [-0.39, 0.29) is 0 Å². The topological polar surface area (TPSA) is 54.4 Å². The summed E-state index contributed by atoms with van der Waals surface area (Å²) in [5.41, 5.74) is 8.78. The molecule has 0 saturated heterocycles. The van der Waals surface area contributed by atoms with Crippen LogP contribution in [0, 0.1) is 0 Å². The second-order valence-electron chi connectivity index (χ2n) is 6.37. The molecule has 0 saturated carbocycles. The Bertz CT molecular complexity index is 789. The number of aryl methyl sites for hydroxylation is 1. The van der Waals surface area contributed by atoms with Gasteiger partial charge in [-0.05, 0) is 23.3 Å². The molecule has 5 nitrogen and oxygen atoms in total. The summed E-state index contributed by atoms with van der Waals surface area (Å²) in [4.78, 5) is 2.07. The van der Waals surface area contributed by atoms with E-state index in [2.05, 4.69) is 69.7 Å². The van der Waals surface area contributed by atoms with Crippen molar-refractivity contribution < 1.29 is 9.30 Å². The van der Waals surface area contributed by atoms with Crippen molar-refractivity contribution in [3.8, 4) is 5.75 Å². The number of nitrogens with two attached hydrogens (primary N) is 1. The molecule has 1 aliphatic rings. The van der Waals surface area contributed by atoms with Crippen LogP contribution < -0.4 is 20.4 Å². The largest absolute Gasteiger partial charge is 0.490 e. The Labute approximate surface area is 165 Å². The third kappa shape index (κ3) is 5.96. The van der Waals surface area contributed by atoms with Crippen LogP contribution in [0.25, 0.3) is 12.2 Å². The maximum Gasteiger partial charge on any atom is 0.169 e. The number of anilines is 1. The van der Waals surface area contributed by atoms with Gasteiger partial charge in [0.1, 0.15) is 12.4 Å². The zero-order chi connectivity index (χ0) is 18.9. The van der Waals surface area contributed by atoms with Crippen LogP contribution in [0.4, 0.5) is 5.69 Å². The van der Waals surface area contributed by atoms with Crippen LogP contribution in [0.5, 0.6) is 5.75 Å². The average molecular weight is 384 g/mol. The summed E-state index contributed by atoms with van der Waals surface area (Å²) in [5.74, 6) is 2.93. The molecule has 0 bridgehead atoms. The lowest BCUT2D eigenvalue weighted by Gasteiger charge is -2.19.